The Kier molecular flexibility index (Phi) is 6.69. The summed E-state index contributed by atoms with van der Waals surface area (Å²) in [6, 6.07) is 23.6. The third-order valence-corrected chi connectivity index (χ3v) is 4.90. The summed E-state index contributed by atoms with van der Waals surface area (Å²) in [4.78, 5) is 37.3. The molecular formula is C26H22N4O4. The molecule has 0 saturated heterocycles. The third-order valence-electron chi connectivity index (χ3n) is 4.90. The fourth-order valence-electron chi connectivity index (χ4n) is 3.18. The molecule has 0 spiro atoms. The minimum Gasteiger partial charge on any atom is -0.459 e. The lowest BCUT2D eigenvalue weighted by Gasteiger charge is -2.13. The van der Waals surface area contributed by atoms with Gasteiger partial charge in [-0.25, -0.2) is 4.79 Å². The van der Waals surface area contributed by atoms with Crippen LogP contribution in [0.2, 0.25) is 0 Å². The molecule has 0 fully saturated rings. The van der Waals surface area contributed by atoms with Crippen LogP contribution in [0.15, 0.2) is 95.6 Å². The number of hydrogen-bond acceptors (Lipinski definition) is 4. The van der Waals surface area contributed by atoms with Crippen molar-refractivity contribution in [2.24, 2.45) is 0 Å². The number of aryl methyl sites for hydroxylation is 1. The molecule has 0 radical (unpaired) electrons. The van der Waals surface area contributed by atoms with Crippen molar-refractivity contribution in [2.75, 3.05) is 21.3 Å². The standard InChI is InChI=1S/C26H22N4O4/c1-17-12-13-21(29-26(33)28-19-8-3-2-4-9-19)16-22(17)30-24(31)18-7-5-10-20(15-18)27-25(32)23-11-6-14-34-23/h2-16H,1H3,(H,27,32)(H,30,31)(H2,28,29,33). The zero-order chi connectivity index (χ0) is 23.9. The van der Waals surface area contributed by atoms with E-state index in [9.17, 15) is 14.4 Å². The third kappa shape index (κ3) is 5.68. The van der Waals surface area contributed by atoms with Crippen molar-refractivity contribution in [3.8, 4) is 0 Å². The molecule has 34 heavy (non-hydrogen) atoms. The zero-order valence-corrected chi connectivity index (χ0v) is 18.3. The van der Waals surface area contributed by atoms with E-state index in [0.717, 1.165) is 5.56 Å². The van der Waals surface area contributed by atoms with Crippen LogP contribution in [-0.2, 0) is 0 Å². The van der Waals surface area contributed by atoms with Gasteiger partial charge in [-0.15, -0.1) is 0 Å². The first kappa shape index (κ1) is 22.3. The molecule has 0 aliphatic rings. The fraction of sp³-hybridized carbons (Fsp3) is 0.0385. The number of anilines is 4. The Hall–Kier alpha value is -4.85. The van der Waals surface area contributed by atoms with E-state index in [1.807, 2.05) is 25.1 Å². The number of carbonyl (C=O) groups is 3. The highest BCUT2D eigenvalue weighted by Crippen LogP contribution is 2.22. The van der Waals surface area contributed by atoms with E-state index < -0.39 is 11.9 Å². The van der Waals surface area contributed by atoms with Gasteiger partial charge in [0, 0.05) is 28.3 Å². The van der Waals surface area contributed by atoms with Crippen LogP contribution in [-0.4, -0.2) is 17.8 Å². The minimum atomic E-state index is -0.411. The topological polar surface area (TPSA) is 112 Å². The van der Waals surface area contributed by atoms with Gasteiger partial charge in [-0.1, -0.05) is 30.3 Å². The average molecular weight is 454 g/mol. The molecule has 8 nitrogen and oxygen atoms in total. The van der Waals surface area contributed by atoms with Gasteiger partial charge in [0.2, 0.25) is 0 Å². The second-order valence-corrected chi connectivity index (χ2v) is 7.44. The van der Waals surface area contributed by atoms with Gasteiger partial charge in [-0.05, 0) is 67.1 Å². The van der Waals surface area contributed by atoms with Crippen LogP contribution in [0.4, 0.5) is 27.5 Å². The minimum absolute atomic E-state index is 0.172. The van der Waals surface area contributed by atoms with Crippen LogP contribution >= 0.6 is 0 Å². The van der Waals surface area contributed by atoms with Crippen molar-refractivity contribution in [2.45, 2.75) is 6.92 Å². The first-order valence-corrected chi connectivity index (χ1v) is 10.5. The van der Waals surface area contributed by atoms with Gasteiger partial charge in [0.25, 0.3) is 11.8 Å². The summed E-state index contributed by atoms with van der Waals surface area (Å²) in [5.74, 6) is -0.597. The van der Waals surface area contributed by atoms with Gasteiger partial charge >= 0.3 is 6.03 Å². The lowest BCUT2D eigenvalue weighted by Crippen LogP contribution is -2.19. The van der Waals surface area contributed by atoms with E-state index in [1.165, 1.54) is 6.26 Å². The number of para-hydroxylation sites is 1. The average Bonchev–Trinajstić information content (AvgIpc) is 3.37. The van der Waals surface area contributed by atoms with Crippen LogP contribution in [0.1, 0.15) is 26.5 Å². The first-order valence-electron chi connectivity index (χ1n) is 10.5. The van der Waals surface area contributed by atoms with Crippen LogP contribution in [0, 0.1) is 6.92 Å². The maximum atomic E-state index is 12.9. The molecule has 4 N–H and O–H groups in total. The predicted molar refractivity (Wildman–Crippen MR) is 131 cm³/mol. The Balaban J connectivity index is 1.42. The summed E-state index contributed by atoms with van der Waals surface area (Å²) in [5, 5.41) is 11.1. The second-order valence-electron chi connectivity index (χ2n) is 7.44. The van der Waals surface area contributed by atoms with Crippen LogP contribution in [0.25, 0.3) is 0 Å². The predicted octanol–water partition coefficient (Wildman–Crippen LogP) is 5.74. The zero-order valence-electron chi connectivity index (χ0n) is 18.3. The molecule has 170 valence electrons. The number of furan rings is 1. The largest absolute Gasteiger partial charge is 0.459 e. The SMILES string of the molecule is Cc1ccc(NC(=O)Nc2ccccc2)cc1NC(=O)c1cccc(NC(=O)c2ccco2)c1. The number of hydrogen-bond donors (Lipinski definition) is 4. The summed E-state index contributed by atoms with van der Waals surface area (Å²) in [6.07, 6.45) is 1.41. The highest BCUT2D eigenvalue weighted by atomic mass is 16.3. The highest BCUT2D eigenvalue weighted by molar-refractivity contribution is 6.07. The molecule has 0 atom stereocenters. The Morgan fingerprint density at radius 1 is 0.647 bits per heavy atom. The van der Waals surface area contributed by atoms with Crippen molar-refractivity contribution in [1.82, 2.24) is 0 Å². The van der Waals surface area contributed by atoms with Crippen LogP contribution in [0.3, 0.4) is 0 Å². The second kappa shape index (κ2) is 10.2. The molecule has 4 aromatic rings. The number of amides is 4. The quantitative estimate of drug-likeness (QED) is 0.298. The van der Waals surface area contributed by atoms with E-state index in [-0.39, 0.29) is 11.7 Å². The highest BCUT2D eigenvalue weighted by Gasteiger charge is 2.13. The monoisotopic (exact) mass is 454 g/mol. The Bertz CT molecular complexity index is 1320. The van der Waals surface area contributed by atoms with Gasteiger partial charge in [0.15, 0.2) is 5.76 Å². The number of benzene rings is 3. The molecular weight excluding hydrogens is 432 g/mol. The number of nitrogens with one attached hydrogen (secondary N) is 4. The van der Waals surface area contributed by atoms with E-state index in [4.69, 9.17) is 4.42 Å². The maximum Gasteiger partial charge on any atom is 0.323 e. The van der Waals surface area contributed by atoms with Crippen molar-refractivity contribution in [1.29, 1.82) is 0 Å². The number of rotatable bonds is 6. The fourth-order valence-corrected chi connectivity index (χ4v) is 3.18. The van der Waals surface area contributed by atoms with Gasteiger partial charge in [-0.2, -0.15) is 0 Å². The lowest BCUT2D eigenvalue weighted by molar-refractivity contribution is 0.0993. The molecule has 0 saturated carbocycles. The molecule has 1 heterocycles. The summed E-state index contributed by atoms with van der Waals surface area (Å²) in [5.41, 5.74) is 3.38. The van der Waals surface area contributed by atoms with Crippen molar-refractivity contribution in [3.63, 3.8) is 0 Å². The van der Waals surface area contributed by atoms with Crippen LogP contribution < -0.4 is 21.3 Å². The van der Waals surface area contributed by atoms with Crippen LogP contribution in [0.5, 0.6) is 0 Å². The Labute approximate surface area is 196 Å². The van der Waals surface area contributed by atoms with Crippen molar-refractivity contribution in [3.05, 3.63) is 108 Å². The van der Waals surface area contributed by atoms with Gasteiger partial charge in [0.1, 0.15) is 0 Å². The number of urea groups is 1. The summed E-state index contributed by atoms with van der Waals surface area (Å²) in [7, 11) is 0. The van der Waals surface area contributed by atoms with Gasteiger partial charge in [-0.3, -0.25) is 9.59 Å². The van der Waals surface area contributed by atoms with Gasteiger partial charge in [0.05, 0.1) is 6.26 Å². The molecule has 8 heteroatoms. The lowest BCUT2D eigenvalue weighted by atomic mass is 10.1. The molecule has 1 aromatic heterocycles. The first-order chi connectivity index (χ1) is 16.5. The maximum absolute atomic E-state index is 12.9. The van der Waals surface area contributed by atoms with E-state index in [1.54, 1.807) is 66.7 Å². The van der Waals surface area contributed by atoms with E-state index in [2.05, 4.69) is 21.3 Å². The number of carbonyl (C=O) groups excluding carboxylic acids is 3. The molecule has 0 aliphatic carbocycles. The van der Waals surface area contributed by atoms with Gasteiger partial charge < -0.3 is 25.7 Å². The Morgan fingerprint density at radius 2 is 1.38 bits per heavy atom. The smallest absolute Gasteiger partial charge is 0.323 e. The molecule has 0 unspecified atom stereocenters. The van der Waals surface area contributed by atoms with Crippen molar-refractivity contribution >= 4 is 40.6 Å². The normalized spacial score (nSPS) is 10.3. The summed E-state index contributed by atoms with van der Waals surface area (Å²) < 4.78 is 5.08. The molecule has 0 bridgehead atoms. The summed E-state index contributed by atoms with van der Waals surface area (Å²) in [6.45, 7) is 1.85. The van der Waals surface area contributed by atoms with E-state index >= 15 is 0 Å². The molecule has 4 amide bonds. The Morgan fingerprint density at radius 3 is 2.15 bits per heavy atom. The molecule has 0 aliphatic heterocycles. The van der Waals surface area contributed by atoms with E-state index in [0.29, 0.717) is 28.3 Å². The van der Waals surface area contributed by atoms with Crippen molar-refractivity contribution < 1.29 is 18.8 Å². The summed E-state index contributed by atoms with van der Waals surface area (Å²) >= 11 is 0. The molecule has 4 rings (SSSR count). The molecule has 3 aromatic carbocycles.